The quantitative estimate of drug-likeness (QED) is 0.332. The van der Waals surface area contributed by atoms with E-state index >= 15 is 0 Å². The standard InChI is InChI=1S/C7H10.C4H2O3/c1-2-7-4-3-6(1)5-7;5-3-1-2-4(6)7-3/h1-2,6-7H,3-5H2;1-2H. The van der Waals surface area contributed by atoms with Gasteiger partial charge in [-0.05, 0) is 31.1 Å². The van der Waals surface area contributed by atoms with E-state index in [1.54, 1.807) is 0 Å². The molecule has 0 spiro atoms. The SMILES string of the molecule is C1=CC2CCC1C2.O=C1C=CC(=O)O1. The second kappa shape index (κ2) is 3.78. The molecule has 1 saturated carbocycles. The predicted octanol–water partition coefficient (Wildman–Crippen LogP) is 1.60. The van der Waals surface area contributed by atoms with Gasteiger partial charge >= 0.3 is 11.9 Å². The first-order valence-corrected chi connectivity index (χ1v) is 4.86. The van der Waals surface area contributed by atoms with E-state index in [1.165, 1.54) is 19.3 Å². The number of cyclic esters (lactones) is 2. The van der Waals surface area contributed by atoms with Crippen molar-refractivity contribution >= 4 is 11.9 Å². The van der Waals surface area contributed by atoms with E-state index < -0.39 is 11.9 Å². The number of hydrogen-bond acceptors (Lipinski definition) is 3. The Hall–Kier alpha value is -1.38. The highest BCUT2D eigenvalue weighted by atomic mass is 16.6. The van der Waals surface area contributed by atoms with Gasteiger partial charge in [-0.2, -0.15) is 0 Å². The Kier molecular flexibility index (Phi) is 2.48. The molecule has 2 atom stereocenters. The van der Waals surface area contributed by atoms with Crippen molar-refractivity contribution in [3.05, 3.63) is 24.3 Å². The zero-order valence-corrected chi connectivity index (χ0v) is 7.81. The van der Waals surface area contributed by atoms with Crippen LogP contribution in [-0.2, 0) is 14.3 Å². The molecule has 0 saturated heterocycles. The Labute approximate surface area is 82.4 Å². The highest BCUT2D eigenvalue weighted by Crippen LogP contribution is 2.38. The molecule has 3 heteroatoms. The molecular formula is C11H12O3. The Morgan fingerprint density at radius 3 is 1.64 bits per heavy atom. The Morgan fingerprint density at radius 1 is 1.00 bits per heavy atom. The van der Waals surface area contributed by atoms with Gasteiger partial charge in [0.2, 0.25) is 0 Å². The molecule has 3 nitrogen and oxygen atoms in total. The highest BCUT2D eigenvalue weighted by molar-refractivity contribution is 6.04. The summed E-state index contributed by atoms with van der Waals surface area (Å²) < 4.78 is 3.97. The van der Waals surface area contributed by atoms with Gasteiger partial charge in [0.25, 0.3) is 0 Å². The fourth-order valence-corrected chi connectivity index (χ4v) is 2.02. The summed E-state index contributed by atoms with van der Waals surface area (Å²) >= 11 is 0. The number of ether oxygens (including phenoxy) is 1. The van der Waals surface area contributed by atoms with Crippen LogP contribution in [0.4, 0.5) is 0 Å². The molecule has 0 amide bonds. The molecule has 2 unspecified atom stereocenters. The smallest absolute Gasteiger partial charge is 0.338 e. The van der Waals surface area contributed by atoms with Gasteiger partial charge in [0.05, 0.1) is 0 Å². The topological polar surface area (TPSA) is 43.4 Å². The van der Waals surface area contributed by atoms with Crippen LogP contribution in [0.5, 0.6) is 0 Å². The van der Waals surface area contributed by atoms with Gasteiger partial charge in [0.15, 0.2) is 0 Å². The highest BCUT2D eigenvalue weighted by Gasteiger charge is 2.25. The third kappa shape index (κ3) is 2.10. The lowest BCUT2D eigenvalue weighted by Gasteiger charge is -1.96. The summed E-state index contributed by atoms with van der Waals surface area (Å²) in [6.07, 6.45) is 11.4. The summed E-state index contributed by atoms with van der Waals surface area (Å²) in [5.74, 6) is 0.824. The summed E-state index contributed by atoms with van der Waals surface area (Å²) in [6, 6.07) is 0. The molecule has 14 heavy (non-hydrogen) atoms. The largest absolute Gasteiger partial charge is 0.387 e. The van der Waals surface area contributed by atoms with Crippen molar-refractivity contribution < 1.29 is 14.3 Å². The van der Waals surface area contributed by atoms with Crippen LogP contribution >= 0.6 is 0 Å². The molecule has 2 bridgehead atoms. The van der Waals surface area contributed by atoms with Gasteiger partial charge in [-0.3, -0.25) is 0 Å². The van der Waals surface area contributed by atoms with Crippen molar-refractivity contribution in [1.29, 1.82) is 0 Å². The lowest BCUT2D eigenvalue weighted by Crippen LogP contribution is -1.96. The summed E-state index contributed by atoms with van der Waals surface area (Å²) in [6.45, 7) is 0. The van der Waals surface area contributed by atoms with Crippen molar-refractivity contribution in [1.82, 2.24) is 0 Å². The van der Waals surface area contributed by atoms with Gasteiger partial charge < -0.3 is 4.74 Å². The molecule has 0 aromatic carbocycles. The van der Waals surface area contributed by atoms with E-state index in [-0.39, 0.29) is 0 Å². The van der Waals surface area contributed by atoms with Crippen LogP contribution in [0.15, 0.2) is 24.3 Å². The fraction of sp³-hybridized carbons (Fsp3) is 0.455. The summed E-state index contributed by atoms with van der Waals surface area (Å²) in [4.78, 5) is 19.8. The number of carbonyl (C=O) groups excluding carboxylic acids is 2. The maximum Gasteiger partial charge on any atom is 0.338 e. The normalized spacial score (nSPS) is 31.7. The number of esters is 2. The van der Waals surface area contributed by atoms with Crippen LogP contribution in [0.1, 0.15) is 19.3 Å². The van der Waals surface area contributed by atoms with Gasteiger partial charge in [0, 0.05) is 12.2 Å². The number of rotatable bonds is 0. The van der Waals surface area contributed by atoms with Crippen molar-refractivity contribution in [3.8, 4) is 0 Å². The van der Waals surface area contributed by atoms with E-state index in [9.17, 15) is 9.59 Å². The van der Waals surface area contributed by atoms with Gasteiger partial charge in [-0.25, -0.2) is 9.59 Å². The van der Waals surface area contributed by atoms with Crippen LogP contribution < -0.4 is 0 Å². The van der Waals surface area contributed by atoms with Crippen molar-refractivity contribution in [2.75, 3.05) is 0 Å². The number of fused-ring (bicyclic) bond motifs is 2. The minimum absolute atomic E-state index is 0.579. The zero-order chi connectivity index (χ0) is 9.97. The van der Waals surface area contributed by atoms with E-state index in [0.717, 1.165) is 24.0 Å². The summed E-state index contributed by atoms with van der Waals surface area (Å²) in [5, 5.41) is 0. The van der Waals surface area contributed by atoms with Gasteiger partial charge in [-0.1, -0.05) is 12.2 Å². The summed E-state index contributed by atoms with van der Waals surface area (Å²) in [5.41, 5.74) is 0. The average Bonchev–Trinajstić information content (AvgIpc) is 2.84. The van der Waals surface area contributed by atoms with E-state index in [4.69, 9.17) is 0 Å². The van der Waals surface area contributed by atoms with Crippen molar-refractivity contribution in [2.45, 2.75) is 19.3 Å². The number of carbonyl (C=O) groups is 2. The van der Waals surface area contributed by atoms with Crippen LogP contribution in [0.3, 0.4) is 0 Å². The predicted molar refractivity (Wildman–Crippen MR) is 50.2 cm³/mol. The fourth-order valence-electron chi connectivity index (χ4n) is 2.02. The first-order valence-electron chi connectivity index (χ1n) is 4.86. The second-order valence-electron chi connectivity index (χ2n) is 3.79. The molecule has 3 aliphatic rings. The molecule has 0 aromatic heterocycles. The molecule has 0 radical (unpaired) electrons. The molecule has 1 aliphatic heterocycles. The van der Waals surface area contributed by atoms with Crippen molar-refractivity contribution in [3.63, 3.8) is 0 Å². The average molecular weight is 192 g/mol. The molecule has 1 heterocycles. The van der Waals surface area contributed by atoms with Gasteiger partial charge in [0.1, 0.15) is 0 Å². The number of allylic oxidation sites excluding steroid dienone is 2. The zero-order valence-electron chi connectivity index (χ0n) is 7.81. The molecule has 3 rings (SSSR count). The molecule has 0 aromatic rings. The van der Waals surface area contributed by atoms with Crippen LogP contribution in [0.25, 0.3) is 0 Å². The van der Waals surface area contributed by atoms with Crippen molar-refractivity contribution in [2.24, 2.45) is 11.8 Å². The third-order valence-corrected chi connectivity index (χ3v) is 2.73. The van der Waals surface area contributed by atoms with Crippen LogP contribution in [0, 0.1) is 11.8 Å². The van der Waals surface area contributed by atoms with E-state index in [1.807, 2.05) is 0 Å². The van der Waals surface area contributed by atoms with E-state index in [0.29, 0.717) is 0 Å². The van der Waals surface area contributed by atoms with E-state index in [2.05, 4.69) is 16.9 Å². The lowest BCUT2D eigenvalue weighted by molar-refractivity contribution is -0.150. The van der Waals surface area contributed by atoms with Crippen LogP contribution in [0.2, 0.25) is 0 Å². The first kappa shape index (κ1) is 9.19. The van der Waals surface area contributed by atoms with Crippen LogP contribution in [-0.4, -0.2) is 11.9 Å². The Morgan fingerprint density at radius 2 is 1.50 bits per heavy atom. The molecule has 1 fully saturated rings. The minimum atomic E-state index is -0.579. The Bertz CT molecular complexity index is 286. The summed E-state index contributed by atoms with van der Waals surface area (Å²) in [7, 11) is 0. The number of hydrogen-bond donors (Lipinski definition) is 0. The molecule has 0 N–H and O–H groups in total. The minimum Gasteiger partial charge on any atom is -0.387 e. The second-order valence-corrected chi connectivity index (χ2v) is 3.79. The molecular weight excluding hydrogens is 180 g/mol. The molecule has 2 aliphatic carbocycles. The van der Waals surface area contributed by atoms with Gasteiger partial charge in [-0.15, -0.1) is 0 Å². The maximum absolute atomic E-state index is 9.92. The monoisotopic (exact) mass is 192 g/mol. The first-order chi connectivity index (χ1) is 6.74. The Balaban J connectivity index is 0.000000107. The lowest BCUT2D eigenvalue weighted by atomic mass is 10.1. The molecule has 74 valence electrons. The maximum atomic E-state index is 9.92. The third-order valence-electron chi connectivity index (χ3n) is 2.73.